The number of carbonyl (C=O) groups is 1. The largest absolute Gasteiger partial charge is 0.497 e. The first-order valence-corrected chi connectivity index (χ1v) is 12.2. The third-order valence-corrected chi connectivity index (χ3v) is 5.34. The van der Waals surface area contributed by atoms with Gasteiger partial charge in [-0.05, 0) is 41.3 Å². The molecule has 3 N–H and O–H groups in total. The quantitative estimate of drug-likeness (QED) is 0.301. The molecule has 0 aliphatic carbocycles. The highest BCUT2D eigenvalue weighted by atomic mass is 32.1. The highest BCUT2D eigenvalue weighted by molar-refractivity contribution is 7.12. The van der Waals surface area contributed by atoms with Crippen molar-refractivity contribution in [2.24, 2.45) is 0 Å². The Balaban J connectivity index is 0.000000758. The highest BCUT2D eigenvalue weighted by Gasteiger charge is 2.14. The van der Waals surface area contributed by atoms with Gasteiger partial charge in [0, 0.05) is 36.5 Å². The van der Waals surface area contributed by atoms with E-state index in [1.54, 1.807) is 19.4 Å². The molecule has 0 spiro atoms. The van der Waals surface area contributed by atoms with E-state index >= 15 is 0 Å². The number of hydrogen-bond acceptors (Lipinski definition) is 6. The topological polar surface area (TPSA) is 96.1 Å². The number of hydrogen-bond donors (Lipinski definition) is 3. The van der Waals surface area contributed by atoms with Gasteiger partial charge in [-0.2, -0.15) is 0 Å². The second-order valence-electron chi connectivity index (χ2n) is 6.97. The Morgan fingerprint density at radius 3 is 2.56 bits per heavy atom. The van der Waals surface area contributed by atoms with Crippen LogP contribution in [0.2, 0.25) is 0 Å². The number of H-pyrrole nitrogens is 1. The van der Waals surface area contributed by atoms with Gasteiger partial charge in [-0.3, -0.25) is 14.6 Å². The molecule has 0 atom stereocenters. The summed E-state index contributed by atoms with van der Waals surface area (Å²) in [5.41, 5.74) is 2.97. The molecular formula is C26H32N4O3S. The normalized spacial score (nSPS) is 9.79. The Morgan fingerprint density at radius 2 is 1.88 bits per heavy atom. The lowest BCUT2D eigenvalue weighted by atomic mass is 10.1. The van der Waals surface area contributed by atoms with E-state index in [0.717, 1.165) is 27.9 Å². The van der Waals surface area contributed by atoms with E-state index in [1.807, 2.05) is 49.6 Å². The number of carbonyl (C=O) groups excluding carboxylic acids is 1. The van der Waals surface area contributed by atoms with E-state index in [1.165, 1.54) is 30.0 Å². The van der Waals surface area contributed by atoms with Gasteiger partial charge in [-0.15, -0.1) is 11.3 Å². The van der Waals surface area contributed by atoms with Gasteiger partial charge in [0.25, 0.3) is 5.91 Å². The molecule has 0 bridgehead atoms. The van der Waals surface area contributed by atoms with E-state index in [-0.39, 0.29) is 11.5 Å². The summed E-state index contributed by atoms with van der Waals surface area (Å²) in [6, 6.07) is 12.5. The van der Waals surface area contributed by atoms with Crippen LogP contribution in [0.1, 0.15) is 49.4 Å². The van der Waals surface area contributed by atoms with Crippen LogP contribution < -0.4 is 20.9 Å². The molecule has 34 heavy (non-hydrogen) atoms. The molecule has 180 valence electrons. The number of anilines is 2. The average Bonchev–Trinajstić information content (AvgIpc) is 3.34. The van der Waals surface area contributed by atoms with Crippen LogP contribution in [0.5, 0.6) is 5.75 Å². The van der Waals surface area contributed by atoms with Crippen LogP contribution in [0.15, 0.2) is 65.0 Å². The molecular weight excluding hydrogens is 448 g/mol. The van der Waals surface area contributed by atoms with Crippen LogP contribution in [0, 0.1) is 0 Å². The van der Waals surface area contributed by atoms with Gasteiger partial charge in [-0.25, -0.2) is 0 Å². The Labute approximate surface area is 204 Å². The number of benzene rings is 1. The molecule has 0 aliphatic rings. The molecule has 0 unspecified atom stereocenters. The fourth-order valence-electron chi connectivity index (χ4n) is 2.96. The summed E-state index contributed by atoms with van der Waals surface area (Å²) >= 11 is 1.35. The zero-order valence-corrected chi connectivity index (χ0v) is 21.1. The molecule has 1 aromatic carbocycles. The lowest BCUT2D eigenvalue weighted by Crippen LogP contribution is -2.14. The van der Waals surface area contributed by atoms with E-state index < -0.39 is 0 Å². The monoisotopic (exact) mass is 480 g/mol. The third kappa shape index (κ3) is 7.18. The molecule has 0 saturated carbocycles. The van der Waals surface area contributed by atoms with Crippen LogP contribution in [-0.4, -0.2) is 23.0 Å². The first-order chi connectivity index (χ1) is 16.5. The molecule has 7 nitrogen and oxygen atoms in total. The molecule has 0 radical (unpaired) electrons. The number of pyridine rings is 2. The zero-order chi connectivity index (χ0) is 24.9. The number of rotatable bonds is 6. The second-order valence-corrected chi connectivity index (χ2v) is 7.89. The van der Waals surface area contributed by atoms with E-state index in [0.29, 0.717) is 17.1 Å². The predicted molar refractivity (Wildman–Crippen MR) is 142 cm³/mol. The minimum Gasteiger partial charge on any atom is -0.497 e. The smallest absolute Gasteiger partial charge is 0.267 e. The molecule has 8 heteroatoms. The Kier molecular flexibility index (Phi) is 10.8. The Hall–Kier alpha value is -3.65. The lowest BCUT2D eigenvalue weighted by Gasteiger charge is -2.11. The number of fused-ring (bicyclic) bond motifs is 1. The predicted octanol–water partition coefficient (Wildman–Crippen LogP) is 6.30. The van der Waals surface area contributed by atoms with Crippen LogP contribution in [0.4, 0.5) is 11.4 Å². The average molecular weight is 481 g/mol. The van der Waals surface area contributed by atoms with E-state index in [2.05, 4.69) is 34.4 Å². The van der Waals surface area contributed by atoms with E-state index in [4.69, 9.17) is 4.74 Å². The maximum absolute atomic E-state index is 12.6. The van der Waals surface area contributed by atoms with Crippen molar-refractivity contribution in [1.82, 2.24) is 9.97 Å². The van der Waals surface area contributed by atoms with Gasteiger partial charge >= 0.3 is 0 Å². The number of aromatic amines is 1. The standard InChI is InChI=1S/C21H18N4O3S.C3H8.C2H6/c1-28-15-3-4-16-13(6-8-22-18(16)10-15)11-23-17-7-9-29-20(17)21(27)25-14-2-5-19(26)24-12-14;1-3-2;1-2/h2-10,12,23H,11H2,1H3,(H,24,26)(H,25,27);3H2,1-2H3;1-2H3. The molecule has 3 heterocycles. The number of amides is 1. The SMILES string of the molecule is CC.CCC.COc1ccc2c(CNc3ccsc3C(=O)Nc3ccc(=O)[nH]c3)ccnc2c1. The summed E-state index contributed by atoms with van der Waals surface area (Å²) in [7, 11) is 1.63. The van der Waals surface area contributed by atoms with Crippen LogP contribution in [-0.2, 0) is 6.54 Å². The summed E-state index contributed by atoms with van der Waals surface area (Å²) < 4.78 is 5.26. The Bertz CT molecular complexity index is 1230. The maximum atomic E-state index is 12.6. The van der Waals surface area contributed by atoms with Gasteiger partial charge in [0.1, 0.15) is 10.6 Å². The van der Waals surface area contributed by atoms with Crippen molar-refractivity contribution >= 4 is 39.5 Å². The maximum Gasteiger partial charge on any atom is 0.267 e. The van der Waals surface area contributed by atoms with Gasteiger partial charge in [0.2, 0.25) is 5.56 Å². The molecule has 4 aromatic rings. The number of thiophene rings is 1. The van der Waals surface area contributed by atoms with Crippen molar-refractivity contribution in [3.8, 4) is 5.75 Å². The minimum absolute atomic E-state index is 0.219. The van der Waals surface area contributed by atoms with Crippen molar-refractivity contribution < 1.29 is 9.53 Å². The Morgan fingerprint density at radius 1 is 1.12 bits per heavy atom. The molecule has 0 saturated heterocycles. The number of aromatic nitrogens is 2. The summed E-state index contributed by atoms with van der Waals surface area (Å²) in [6.45, 7) is 8.79. The third-order valence-electron chi connectivity index (χ3n) is 4.42. The number of nitrogens with zero attached hydrogens (tertiary/aromatic N) is 1. The summed E-state index contributed by atoms with van der Waals surface area (Å²) in [5, 5.41) is 9.01. The lowest BCUT2D eigenvalue weighted by molar-refractivity contribution is 0.103. The second kappa shape index (κ2) is 13.8. The fourth-order valence-corrected chi connectivity index (χ4v) is 3.72. The fraction of sp³-hybridized carbons (Fsp3) is 0.269. The molecule has 3 aromatic heterocycles. The number of ether oxygens (including phenoxy) is 1. The number of methoxy groups -OCH3 is 1. The summed E-state index contributed by atoms with van der Waals surface area (Å²) in [6.07, 6.45) is 4.48. The molecule has 1 amide bonds. The van der Waals surface area contributed by atoms with Gasteiger partial charge in [0.15, 0.2) is 0 Å². The van der Waals surface area contributed by atoms with Crippen LogP contribution in [0.3, 0.4) is 0 Å². The number of nitrogens with one attached hydrogen (secondary N) is 3. The summed E-state index contributed by atoms with van der Waals surface area (Å²) in [4.78, 5) is 31.3. The van der Waals surface area contributed by atoms with E-state index in [9.17, 15) is 9.59 Å². The van der Waals surface area contributed by atoms with Gasteiger partial charge < -0.3 is 20.4 Å². The minimum atomic E-state index is -0.237. The van der Waals surface area contributed by atoms with Crippen molar-refractivity contribution in [2.75, 3.05) is 17.7 Å². The van der Waals surface area contributed by atoms with Crippen molar-refractivity contribution in [3.05, 3.63) is 81.0 Å². The zero-order valence-electron chi connectivity index (χ0n) is 20.3. The first kappa shape index (κ1) is 26.6. The molecule has 0 fully saturated rings. The van der Waals surface area contributed by atoms with Gasteiger partial charge in [0.05, 0.1) is 24.0 Å². The van der Waals surface area contributed by atoms with Crippen LogP contribution >= 0.6 is 11.3 Å². The molecule has 4 rings (SSSR count). The summed E-state index contributed by atoms with van der Waals surface area (Å²) in [5.74, 6) is 0.521. The first-order valence-electron chi connectivity index (χ1n) is 11.3. The van der Waals surface area contributed by atoms with Crippen molar-refractivity contribution in [1.29, 1.82) is 0 Å². The van der Waals surface area contributed by atoms with Crippen molar-refractivity contribution in [2.45, 2.75) is 40.7 Å². The van der Waals surface area contributed by atoms with Crippen molar-refractivity contribution in [3.63, 3.8) is 0 Å². The highest BCUT2D eigenvalue weighted by Crippen LogP contribution is 2.26. The van der Waals surface area contributed by atoms with Crippen LogP contribution in [0.25, 0.3) is 10.9 Å². The van der Waals surface area contributed by atoms with Gasteiger partial charge in [-0.1, -0.05) is 34.1 Å². The molecule has 0 aliphatic heterocycles.